The number of carbonyl (C=O) groups is 2. The molecular formula is C31H41Cl2N3O5. The summed E-state index contributed by atoms with van der Waals surface area (Å²) in [5.41, 5.74) is 2.76. The number of benzene rings is 2. The van der Waals surface area contributed by atoms with Crippen molar-refractivity contribution in [3.05, 3.63) is 52.0 Å². The van der Waals surface area contributed by atoms with Crippen LogP contribution >= 0.6 is 23.2 Å². The Morgan fingerprint density at radius 1 is 0.878 bits per heavy atom. The molecule has 224 valence electrons. The fourth-order valence-corrected chi connectivity index (χ4v) is 5.58. The largest absolute Gasteiger partial charge is 0.510 e. The smallest absolute Gasteiger partial charge is 0.494 e. The fraction of sp³-hybridized carbons (Fsp3) is 0.548. The van der Waals surface area contributed by atoms with Crippen molar-refractivity contribution < 1.29 is 23.8 Å². The van der Waals surface area contributed by atoms with Gasteiger partial charge in [0.25, 0.3) is 0 Å². The molecule has 0 atom stereocenters. The number of ether oxygens (including phenoxy) is 3. The summed E-state index contributed by atoms with van der Waals surface area (Å²) in [5, 5.41) is 1.21. The molecule has 41 heavy (non-hydrogen) atoms. The Morgan fingerprint density at radius 3 is 2.49 bits per heavy atom. The van der Waals surface area contributed by atoms with Gasteiger partial charge in [0, 0.05) is 38.7 Å². The molecule has 0 bridgehead atoms. The minimum atomic E-state index is -0.747. The van der Waals surface area contributed by atoms with Gasteiger partial charge in [-0.3, -0.25) is 14.6 Å². The van der Waals surface area contributed by atoms with E-state index in [1.165, 1.54) is 4.90 Å². The number of piperazine rings is 1. The lowest BCUT2D eigenvalue weighted by atomic mass is 10.0. The van der Waals surface area contributed by atoms with Gasteiger partial charge in [-0.2, -0.15) is 0 Å². The number of aryl methyl sites for hydroxylation is 1. The molecule has 0 spiro atoms. The highest BCUT2D eigenvalue weighted by Crippen LogP contribution is 2.33. The van der Waals surface area contributed by atoms with Crippen LogP contribution in [0.2, 0.25) is 10.0 Å². The van der Waals surface area contributed by atoms with Crippen LogP contribution in [0.3, 0.4) is 0 Å². The van der Waals surface area contributed by atoms with Crippen molar-refractivity contribution in [2.24, 2.45) is 0 Å². The van der Waals surface area contributed by atoms with Crippen molar-refractivity contribution in [1.29, 1.82) is 0 Å². The average Bonchev–Trinajstić information content (AvgIpc) is 2.98. The van der Waals surface area contributed by atoms with Gasteiger partial charge in [0.1, 0.15) is 5.75 Å². The summed E-state index contributed by atoms with van der Waals surface area (Å²) < 4.78 is 16.4. The molecule has 8 nitrogen and oxygen atoms in total. The van der Waals surface area contributed by atoms with Crippen LogP contribution in [0.5, 0.6) is 5.75 Å². The summed E-state index contributed by atoms with van der Waals surface area (Å²) in [7, 11) is 0. The third-order valence-electron chi connectivity index (χ3n) is 7.57. The van der Waals surface area contributed by atoms with Crippen LogP contribution in [0.15, 0.2) is 36.4 Å². The van der Waals surface area contributed by atoms with Gasteiger partial charge in [0.05, 0.1) is 34.6 Å². The van der Waals surface area contributed by atoms with Crippen LogP contribution in [-0.2, 0) is 20.7 Å². The number of hydrogen-bond donors (Lipinski definition) is 0. The number of nitrogens with zero attached hydrogens (tertiary/aromatic N) is 3. The van der Waals surface area contributed by atoms with Gasteiger partial charge in [-0.25, -0.2) is 4.79 Å². The molecule has 0 unspecified atom stereocenters. The van der Waals surface area contributed by atoms with E-state index in [2.05, 4.69) is 16.7 Å². The zero-order chi connectivity index (χ0) is 29.0. The maximum Gasteiger partial charge on any atom is 0.510 e. The van der Waals surface area contributed by atoms with Crippen LogP contribution in [0, 0.1) is 0 Å². The molecule has 2 aromatic carbocycles. The van der Waals surface area contributed by atoms with Gasteiger partial charge in [0.15, 0.2) is 6.73 Å². The Bertz CT molecular complexity index is 1160. The normalized spacial score (nSPS) is 15.5. The third-order valence-corrected chi connectivity index (χ3v) is 8.38. The lowest BCUT2D eigenvalue weighted by Crippen LogP contribution is -2.46. The molecule has 10 heteroatoms. The summed E-state index contributed by atoms with van der Waals surface area (Å²) in [6.45, 7) is 7.69. The topological polar surface area (TPSA) is 71.5 Å². The van der Waals surface area contributed by atoms with E-state index in [0.717, 1.165) is 88.2 Å². The SMILES string of the molecule is CCCCCCOC(=O)OCN1C(=O)CCc2ccc(OCCCCN3CCN(c4cccc(Cl)c4Cl)CC3)cc21. The molecule has 0 aromatic heterocycles. The highest BCUT2D eigenvalue weighted by atomic mass is 35.5. The number of halogens is 2. The lowest BCUT2D eigenvalue weighted by molar-refractivity contribution is -0.119. The van der Waals surface area contributed by atoms with Gasteiger partial charge in [-0.1, -0.05) is 61.5 Å². The minimum Gasteiger partial charge on any atom is -0.494 e. The van der Waals surface area contributed by atoms with Crippen molar-refractivity contribution in [2.45, 2.75) is 58.3 Å². The lowest BCUT2D eigenvalue weighted by Gasteiger charge is -2.36. The zero-order valence-electron chi connectivity index (χ0n) is 23.9. The van der Waals surface area contributed by atoms with E-state index in [1.807, 2.05) is 36.4 Å². The van der Waals surface area contributed by atoms with E-state index in [9.17, 15) is 9.59 Å². The van der Waals surface area contributed by atoms with Crippen LogP contribution in [0.1, 0.15) is 57.4 Å². The molecule has 0 radical (unpaired) electrons. The number of anilines is 2. The van der Waals surface area contributed by atoms with Gasteiger partial charge >= 0.3 is 6.16 Å². The van der Waals surface area contributed by atoms with Crippen molar-refractivity contribution >= 4 is 46.6 Å². The molecule has 2 aliphatic heterocycles. The minimum absolute atomic E-state index is 0.0804. The first-order chi connectivity index (χ1) is 20.0. The molecular weight excluding hydrogens is 565 g/mol. The standard InChI is InChI=1S/C31H41Cl2N3O5/c1-2-3-4-6-21-40-31(38)41-23-36-28-22-25(13-11-24(28)12-14-29(36)37)39-20-7-5-15-34-16-18-35(19-17-34)27-10-8-9-26(32)30(27)33/h8-11,13,22H,2-7,12,14-21,23H2,1H3. The second-order valence-electron chi connectivity index (χ2n) is 10.5. The predicted octanol–water partition coefficient (Wildman–Crippen LogP) is 6.94. The van der Waals surface area contributed by atoms with Crippen molar-refractivity contribution in [3.63, 3.8) is 0 Å². The van der Waals surface area contributed by atoms with E-state index in [0.29, 0.717) is 41.9 Å². The number of amides is 1. The quantitative estimate of drug-likeness (QED) is 0.170. The second-order valence-corrected chi connectivity index (χ2v) is 11.3. The first-order valence-electron chi connectivity index (χ1n) is 14.7. The second kappa shape index (κ2) is 16.1. The summed E-state index contributed by atoms with van der Waals surface area (Å²) in [5.74, 6) is 0.622. The number of unbranched alkanes of at least 4 members (excludes halogenated alkanes) is 4. The Hall–Kier alpha value is -2.68. The van der Waals surface area contributed by atoms with Crippen LogP contribution < -0.4 is 14.5 Å². The number of fused-ring (bicyclic) bond motifs is 1. The average molecular weight is 607 g/mol. The highest BCUT2D eigenvalue weighted by Gasteiger charge is 2.26. The Labute approximate surface area is 253 Å². The van der Waals surface area contributed by atoms with Crippen LogP contribution in [-0.4, -0.2) is 69.6 Å². The number of rotatable bonds is 14. The summed E-state index contributed by atoms with van der Waals surface area (Å²) >= 11 is 12.6. The Balaban J connectivity index is 1.17. The van der Waals surface area contributed by atoms with E-state index in [-0.39, 0.29) is 12.6 Å². The van der Waals surface area contributed by atoms with Gasteiger partial charge in [0.2, 0.25) is 5.91 Å². The van der Waals surface area contributed by atoms with Crippen molar-refractivity contribution in [2.75, 3.05) is 62.5 Å². The van der Waals surface area contributed by atoms with E-state index in [1.54, 1.807) is 0 Å². The van der Waals surface area contributed by atoms with E-state index < -0.39 is 6.16 Å². The van der Waals surface area contributed by atoms with Crippen LogP contribution in [0.25, 0.3) is 0 Å². The van der Waals surface area contributed by atoms with Gasteiger partial charge < -0.3 is 19.1 Å². The molecule has 1 fully saturated rings. The monoisotopic (exact) mass is 605 g/mol. The first-order valence-corrected chi connectivity index (χ1v) is 15.5. The van der Waals surface area contributed by atoms with Gasteiger partial charge in [-0.05, 0) is 56.0 Å². The number of hydrogen-bond acceptors (Lipinski definition) is 7. The maximum absolute atomic E-state index is 12.6. The molecule has 2 heterocycles. The molecule has 4 rings (SSSR count). The highest BCUT2D eigenvalue weighted by molar-refractivity contribution is 6.43. The number of carbonyl (C=O) groups excluding carboxylic acids is 2. The maximum atomic E-state index is 12.6. The van der Waals surface area contributed by atoms with Crippen molar-refractivity contribution in [1.82, 2.24) is 4.90 Å². The molecule has 1 amide bonds. The summed E-state index contributed by atoms with van der Waals surface area (Å²) in [6.07, 6.45) is 6.30. The Kier molecular flexibility index (Phi) is 12.3. The zero-order valence-corrected chi connectivity index (χ0v) is 25.4. The van der Waals surface area contributed by atoms with Gasteiger partial charge in [-0.15, -0.1) is 0 Å². The van der Waals surface area contributed by atoms with Crippen LogP contribution in [0.4, 0.5) is 16.2 Å². The molecule has 2 aliphatic rings. The summed E-state index contributed by atoms with van der Waals surface area (Å²) in [6, 6.07) is 11.6. The first kappa shape index (κ1) is 31.3. The van der Waals surface area contributed by atoms with E-state index >= 15 is 0 Å². The third kappa shape index (κ3) is 9.15. The van der Waals surface area contributed by atoms with Crippen molar-refractivity contribution in [3.8, 4) is 5.75 Å². The molecule has 2 aromatic rings. The molecule has 0 saturated carbocycles. The fourth-order valence-electron chi connectivity index (χ4n) is 5.17. The predicted molar refractivity (Wildman–Crippen MR) is 164 cm³/mol. The van der Waals surface area contributed by atoms with E-state index in [4.69, 9.17) is 37.4 Å². The summed E-state index contributed by atoms with van der Waals surface area (Å²) in [4.78, 5) is 30.9. The molecule has 1 saturated heterocycles. The Morgan fingerprint density at radius 2 is 1.68 bits per heavy atom. The molecule has 0 aliphatic carbocycles. The molecule has 0 N–H and O–H groups in total.